The number of benzene rings is 1. The number of hydrogen-bond donors (Lipinski definition) is 1. The number of nitrogens with one attached hydrogen (secondary N) is 1. The molecule has 0 aliphatic carbocycles. The van der Waals surface area contributed by atoms with Crippen LogP contribution >= 0.6 is 0 Å². The largest absolute Gasteiger partial charge is 0.490 e. The standard InChI is InChI=1S/C19H29N3O3/c1-4-20-18(23)14-21-10-7-11-22(13-12-21)19(24)16-8-5-6-9-17(16)25-15(2)3/h5-6,8-9,15H,4,7,10-14H2,1-3H3,(H,20,23). The first kappa shape index (κ1) is 19.2. The topological polar surface area (TPSA) is 61.9 Å². The number of carbonyl (C=O) groups is 2. The minimum atomic E-state index is -0.00360. The van der Waals surface area contributed by atoms with E-state index in [4.69, 9.17) is 4.74 Å². The van der Waals surface area contributed by atoms with Gasteiger partial charge in [-0.15, -0.1) is 0 Å². The Hall–Kier alpha value is -2.08. The number of rotatable bonds is 6. The number of likely N-dealkylation sites (N-methyl/N-ethyl adjacent to an activating group) is 1. The van der Waals surface area contributed by atoms with Crippen molar-refractivity contribution in [1.29, 1.82) is 0 Å². The van der Waals surface area contributed by atoms with Gasteiger partial charge in [0.15, 0.2) is 0 Å². The lowest BCUT2D eigenvalue weighted by Crippen LogP contribution is -2.40. The van der Waals surface area contributed by atoms with Crippen LogP contribution in [0.1, 0.15) is 37.6 Å². The summed E-state index contributed by atoms with van der Waals surface area (Å²) in [6.07, 6.45) is 0.879. The molecule has 1 aromatic rings. The number of amides is 2. The zero-order chi connectivity index (χ0) is 18.2. The van der Waals surface area contributed by atoms with Crippen molar-refractivity contribution in [3.8, 4) is 5.75 Å². The molecular formula is C19H29N3O3. The van der Waals surface area contributed by atoms with Crippen molar-refractivity contribution in [2.24, 2.45) is 0 Å². The molecule has 0 aromatic heterocycles. The molecule has 25 heavy (non-hydrogen) atoms. The van der Waals surface area contributed by atoms with E-state index in [1.165, 1.54) is 0 Å². The molecule has 138 valence electrons. The summed E-state index contributed by atoms with van der Waals surface area (Å²) in [6, 6.07) is 7.40. The highest BCUT2D eigenvalue weighted by atomic mass is 16.5. The van der Waals surface area contributed by atoms with Gasteiger partial charge < -0.3 is 15.0 Å². The first-order valence-corrected chi connectivity index (χ1v) is 9.05. The summed E-state index contributed by atoms with van der Waals surface area (Å²) in [5.41, 5.74) is 0.605. The number of carbonyl (C=O) groups excluding carboxylic acids is 2. The quantitative estimate of drug-likeness (QED) is 0.852. The highest BCUT2D eigenvalue weighted by Gasteiger charge is 2.23. The second kappa shape index (κ2) is 9.42. The summed E-state index contributed by atoms with van der Waals surface area (Å²) in [5, 5.41) is 2.82. The highest BCUT2D eigenvalue weighted by Crippen LogP contribution is 2.22. The van der Waals surface area contributed by atoms with Crippen molar-refractivity contribution in [2.75, 3.05) is 39.3 Å². The molecule has 0 radical (unpaired) electrons. The number of nitrogens with zero attached hydrogens (tertiary/aromatic N) is 2. The molecular weight excluding hydrogens is 318 g/mol. The monoisotopic (exact) mass is 347 g/mol. The fourth-order valence-corrected chi connectivity index (χ4v) is 2.96. The Balaban J connectivity index is 2.00. The Morgan fingerprint density at radius 1 is 1.16 bits per heavy atom. The van der Waals surface area contributed by atoms with Gasteiger partial charge >= 0.3 is 0 Å². The SMILES string of the molecule is CCNC(=O)CN1CCCN(C(=O)c2ccccc2OC(C)C)CC1. The van der Waals surface area contributed by atoms with Crippen LogP contribution in [-0.4, -0.2) is 67.0 Å². The van der Waals surface area contributed by atoms with Crippen molar-refractivity contribution >= 4 is 11.8 Å². The average Bonchev–Trinajstić information content (AvgIpc) is 2.80. The Morgan fingerprint density at radius 2 is 1.92 bits per heavy atom. The van der Waals surface area contributed by atoms with Crippen molar-refractivity contribution in [2.45, 2.75) is 33.3 Å². The van der Waals surface area contributed by atoms with Gasteiger partial charge in [0.25, 0.3) is 5.91 Å². The van der Waals surface area contributed by atoms with Gasteiger partial charge in [0.2, 0.25) is 5.91 Å². The average molecular weight is 347 g/mol. The van der Waals surface area contributed by atoms with Crippen molar-refractivity contribution in [3.63, 3.8) is 0 Å². The predicted molar refractivity (Wildman–Crippen MR) is 97.9 cm³/mol. The van der Waals surface area contributed by atoms with Gasteiger partial charge in [0.05, 0.1) is 18.2 Å². The number of ether oxygens (including phenoxy) is 1. The highest BCUT2D eigenvalue weighted by molar-refractivity contribution is 5.97. The van der Waals surface area contributed by atoms with Crippen LogP contribution in [-0.2, 0) is 4.79 Å². The van der Waals surface area contributed by atoms with Gasteiger partial charge in [-0.3, -0.25) is 14.5 Å². The third-order valence-corrected chi connectivity index (χ3v) is 4.10. The third-order valence-electron chi connectivity index (χ3n) is 4.10. The van der Waals surface area contributed by atoms with E-state index in [-0.39, 0.29) is 17.9 Å². The molecule has 1 aliphatic rings. The molecule has 0 saturated carbocycles. The zero-order valence-electron chi connectivity index (χ0n) is 15.5. The van der Waals surface area contributed by atoms with E-state index in [9.17, 15) is 9.59 Å². The summed E-state index contributed by atoms with van der Waals surface area (Å²) in [7, 11) is 0. The fraction of sp³-hybridized carbons (Fsp3) is 0.579. The lowest BCUT2D eigenvalue weighted by molar-refractivity contribution is -0.122. The van der Waals surface area contributed by atoms with E-state index in [1.807, 2.05) is 49.9 Å². The molecule has 1 heterocycles. The lowest BCUT2D eigenvalue weighted by atomic mass is 10.1. The maximum atomic E-state index is 12.9. The van der Waals surface area contributed by atoms with Crippen LogP contribution in [0.2, 0.25) is 0 Å². The maximum Gasteiger partial charge on any atom is 0.257 e. The third kappa shape index (κ3) is 5.74. The molecule has 6 nitrogen and oxygen atoms in total. The smallest absolute Gasteiger partial charge is 0.257 e. The minimum absolute atomic E-state index is 0.00360. The Labute approximate surface area is 150 Å². The van der Waals surface area contributed by atoms with Crippen LogP contribution in [0.15, 0.2) is 24.3 Å². The Bertz CT molecular complexity index is 589. The van der Waals surface area contributed by atoms with Crippen LogP contribution in [0.4, 0.5) is 0 Å². The minimum Gasteiger partial charge on any atom is -0.490 e. The molecule has 1 fully saturated rings. The number of hydrogen-bond acceptors (Lipinski definition) is 4. The van der Waals surface area contributed by atoms with Gasteiger partial charge in [-0.2, -0.15) is 0 Å². The van der Waals surface area contributed by atoms with Crippen molar-refractivity contribution < 1.29 is 14.3 Å². The van der Waals surface area contributed by atoms with Gasteiger partial charge in [0.1, 0.15) is 5.75 Å². The van der Waals surface area contributed by atoms with Gasteiger partial charge in [-0.1, -0.05) is 12.1 Å². The number of para-hydroxylation sites is 1. The van der Waals surface area contributed by atoms with Crippen molar-refractivity contribution in [1.82, 2.24) is 15.1 Å². The predicted octanol–water partition coefficient (Wildman–Crippen LogP) is 1.76. The summed E-state index contributed by atoms with van der Waals surface area (Å²) in [4.78, 5) is 28.7. The summed E-state index contributed by atoms with van der Waals surface area (Å²) < 4.78 is 5.78. The van der Waals surface area contributed by atoms with Gasteiger partial charge in [-0.25, -0.2) is 0 Å². The molecule has 0 spiro atoms. The second-order valence-corrected chi connectivity index (χ2v) is 6.54. The van der Waals surface area contributed by atoms with E-state index in [2.05, 4.69) is 10.2 Å². The fourth-order valence-electron chi connectivity index (χ4n) is 2.96. The molecule has 1 aliphatic heterocycles. The van der Waals surface area contributed by atoms with Gasteiger partial charge in [0, 0.05) is 32.7 Å². The van der Waals surface area contributed by atoms with Crippen LogP contribution < -0.4 is 10.1 Å². The maximum absolute atomic E-state index is 12.9. The summed E-state index contributed by atoms with van der Waals surface area (Å²) >= 11 is 0. The van der Waals surface area contributed by atoms with Gasteiger partial charge in [-0.05, 0) is 39.3 Å². The summed E-state index contributed by atoms with van der Waals surface area (Å²) in [6.45, 7) is 9.69. The summed E-state index contributed by atoms with van der Waals surface area (Å²) in [5.74, 6) is 0.667. The molecule has 2 amide bonds. The van der Waals surface area contributed by atoms with E-state index in [0.717, 1.165) is 13.0 Å². The van der Waals surface area contributed by atoms with Crippen LogP contribution in [0.5, 0.6) is 5.75 Å². The Kier molecular flexibility index (Phi) is 7.25. The molecule has 0 bridgehead atoms. The Morgan fingerprint density at radius 3 is 2.64 bits per heavy atom. The molecule has 0 atom stereocenters. The molecule has 1 aromatic carbocycles. The molecule has 6 heteroatoms. The van der Waals surface area contributed by atoms with Crippen molar-refractivity contribution in [3.05, 3.63) is 29.8 Å². The molecule has 1 saturated heterocycles. The first-order valence-electron chi connectivity index (χ1n) is 9.05. The molecule has 0 unspecified atom stereocenters. The normalized spacial score (nSPS) is 15.8. The van der Waals surface area contributed by atoms with E-state index in [0.29, 0.717) is 44.0 Å². The first-order chi connectivity index (χ1) is 12.0. The lowest BCUT2D eigenvalue weighted by Gasteiger charge is -2.23. The van der Waals surface area contributed by atoms with Crippen LogP contribution in [0, 0.1) is 0 Å². The molecule has 1 N–H and O–H groups in total. The van der Waals surface area contributed by atoms with E-state index in [1.54, 1.807) is 0 Å². The van der Waals surface area contributed by atoms with Crippen LogP contribution in [0.3, 0.4) is 0 Å². The zero-order valence-corrected chi connectivity index (χ0v) is 15.5. The second-order valence-electron chi connectivity index (χ2n) is 6.54. The van der Waals surface area contributed by atoms with E-state index >= 15 is 0 Å². The molecule has 2 rings (SSSR count). The van der Waals surface area contributed by atoms with E-state index < -0.39 is 0 Å². The van der Waals surface area contributed by atoms with Crippen LogP contribution in [0.25, 0.3) is 0 Å².